The normalized spacial score (nSPS) is 21.2. The molecule has 1 aromatic carbocycles. The number of methoxy groups -OCH3 is 2. The first kappa shape index (κ1) is 23.1. The number of aryl methyl sites for hydroxylation is 2. The largest absolute Gasteiger partial charge is 0.494 e. The van der Waals surface area contributed by atoms with Crippen LogP contribution < -0.4 is 19.9 Å². The van der Waals surface area contributed by atoms with Crippen LogP contribution in [0.5, 0.6) is 5.75 Å². The van der Waals surface area contributed by atoms with Crippen LogP contribution in [0.15, 0.2) is 30.7 Å². The predicted octanol–water partition coefficient (Wildman–Crippen LogP) is 3.25. The summed E-state index contributed by atoms with van der Waals surface area (Å²) in [7, 11) is 5.14. The zero-order chi connectivity index (χ0) is 24.9. The summed E-state index contributed by atoms with van der Waals surface area (Å²) >= 11 is 0. The Bertz CT molecular complexity index is 1290. The summed E-state index contributed by atoms with van der Waals surface area (Å²) in [6.07, 6.45) is 4.95. The van der Waals surface area contributed by atoms with Gasteiger partial charge in [-0.05, 0) is 32.4 Å². The molecular weight excluding hydrogens is 446 g/mol. The molecule has 1 saturated heterocycles. The number of nitrogens with zero attached hydrogens (tertiary/aromatic N) is 6. The van der Waals surface area contributed by atoms with E-state index < -0.39 is 5.54 Å². The van der Waals surface area contributed by atoms with Crippen molar-refractivity contribution in [1.82, 2.24) is 19.5 Å². The van der Waals surface area contributed by atoms with Crippen LogP contribution in [0.2, 0.25) is 0 Å². The third-order valence-electron chi connectivity index (χ3n) is 7.00. The van der Waals surface area contributed by atoms with Crippen LogP contribution in [-0.2, 0) is 16.0 Å². The van der Waals surface area contributed by atoms with Gasteiger partial charge < -0.3 is 29.2 Å². The number of carbonyl (C=O) groups is 1. The molecule has 35 heavy (non-hydrogen) atoms. The first-order valence-electron chi connectivity index (χ1n) is 11.7. The molecule has 3 aromatic rings. The Kier molecular flexibility index (Phi) is 5.63. The van der Waals surface area contributed by atoms with E-state index in [9.17, 15) is 4.79 Å². The molecule has 1 amide bonds. The second-order valence-electron chi connectivity index (χ2n) is 9.26. The molecule has 0 radical (unpaired) electrons. The van der Waals surface area contributed by atoms with Crippen molar-refractivity contribution >= 4 is 29.0 Å². The monoisotopic (exact) mass is 477 g/mol. The van der Waals surface area contributed by atoms with Gasteiger partial charge in [0.05, 0.1) is 36.6 Å². The Hall–Kier alpha value is -3.66. The second kappa shape index (κ2) is 8.53. The Balaban J connectivity index is 1.54. The lowest BCUT2D eigenvalue weighted by Gasteiger charge is -2.44. The van der Waals surface area contributed by atoms with Crippen molar-refractivity contribution in [2.75, 3.05) is 42.9 Å². The van der Waals surface area contributed by atoms with Gasteiger partial charge in [0, 0.05) is 45.1 Å². The molecule has 4 heterocycles. The number of imidazole rings is 1. The Morgan fingerprint density at radius 3 is 2.71 bits per heavy atom. The zero-order valence-corrected chi connectivity index (χ0v) is 21.0. The number of aromatic nitrogens is 4. The van der Waals surface area contributed by atoms with Crippen molar-refractivity contribution in [2.24, 2.45) is 0 Å². The summed E-state index contributed by atoms with van der Waals surface area (Å²) in [5.74, 6) is 1.96. The van der Waals surface area contributed by atoms with E-state index in [0.29, 0.717) is 31.1 Å². The number of likely N-dealkylation sites (N-methyl/N-ethyl adjacent to an activating group) is 1. The molecule has 0 bridgehead atoms. The van der Waals surface area contributed by atoms with E-state index in [1.54, 1.807) is 32.5 Å². The molecule has 10 nitrogen and oxygen atoms in total. The standard InChI is InChI=1S/C25H31N7O3/c1-7-18-21-22(32-13-17(34-5)11-25(32,3)23(33)30(21)4)29-24(28-18)27-16-8-9-19(20(10-16)35-6)31-12-15(2)26-14-31/h8-10,12,14,17H,7,11,13H2,1-6H3,(H,27,28,29)/t17?,25-/m1/s1. The molecule has 1 fully saturated rings. The highest BCUT2D eigenvalue weighted by Crippen LogP contribution is 2.46. The minimum absolute atomic E-state index is 0.0385. The van der Waals surface area contributed by atoms with Crippen molar-refractivity contribution in [3.05, 3.63) is 42.1 Å². The average Bonchev–Trinajstić information content (AvgIpc) is 3.45. The van der Waals surface area contributed by atoms with Gasteiger partial charge in [0.25, 0.3) is 5.91 Å². The van der Waals surface area contributed by atoms with Crippen LogP contribution in [0.25, 0.3) is 5.69 Å². The van der Waals surface area contributed by atoms with Crippen LogP contribution in [-0.4, -0.2) is 64.9 Å². The number of nitrogens with one attached hydrogen (secondary N) is 1. The first-order valence-corrected chi connectivity index (χ1v) is 11.7. The third kappa shape index (κ3) is 3.68. The highest BCUT2D eigenvalue weighted by Gasteiger charge is 2.54. The number of amides is 1. The lowest BCUT2D eigenvalue weighted by atomic mass is 9.93. The molecule has 2 atom stereocenters. The summed E-state index contributed by atoms with van der Waals surface area (Å²) in [6.45, 7) is 6.55. The number of fused-ring (bicyclic) bond motifs is 3. The van der Waals surface area contributed by atoms with E-state index in [0.717, 1.165) is 34.3 Å². The molecule has 1 unspecified atom stereocenters. The SMILES string of the molecule is CCc1nc(Nc2ccc(-n3cnc(C)c3)c(OC)c2)nc2c1N(C)C(=O)[C@@]1(C)CC(OC)CN21. The fourth-order valence-corrected chi connectivity index (χ4v) is 5.14. The van der Waals surface area contributed by atoms with Gasteiger partial charge in [-0.15, -0.1) is 0 Å². The van der Waals surface area contributed by atoms with Crippen LogP contribution in [0.3, 0.4) is 0 Å². The summed E-state index contributed by atoms with van der Waals surface area (Å²) in [6, 6.07) is 5.84. The smallest absolute Gasteiger partial charge is 0.252 e. The molecule has 5 rings (SSSR count). The molecule has 2 aromatic heterocycles. The van der Waals surface area contributed by atoms with Gasteiger partial charge in [0.1, 0.15) is 17.0 Å². The average molecular weight is 478 g/mol. The minimum Gasteiger partial charge on any atom is -0.494 e. The number of carbonyl (C=O) groups excluding carboxylic acids is 1. The highest BCUT2D eigenvalue weighted by atomic mass is 16.5. The fraction of sp³-hybridized carbons (Fsp3) is 0.440. The van der Waals surface area contributed by atoms with E-state index in [1.807, 2.05) is 49.7 Å². The molecule has 10 heteroatoms. The molecular formula is C25H31N7O3. The maximum atomic E-state index is 13.4. The van der Waals surface area contributed by atoms with Crippen molar-refractivity contribution < 1.29 is 14.3 Å². The quantitative estimate of drug-likeness (QED) is 0.578. The number of hydrogen-bond donors (Lipinski definition) is 1. The van der Waals surface area contributed by atoms with E-state index in [-0.39, 0.29) is 12.0 Å². The van der Waals surface area contributed by atoms with Gasteiger partial charge >= 0.3 is 0 Å². The zero-order valence-electron chi connectivity index (χ0n) is 21.0. The number of ether oxygens (including phenoxy) is 2. The lowest BCUT2D eigenvalue weighted by molar-refractivity contribution is -0.123. The molecule has 0 spiro atoms. The van der Waals surface area contributed by atoms with Gasteiger partial charge in [-0.1, -0.05) is 6.92 Å². The Morgan fingerprint density at radius 2 is 2.06 bits per heavy atom. The molecule has 184 valence electrons. The molecule has 1 N–H and O–H groups in total. The lowest BCUT2D eigenvalue weighted by Crippen LogP contribution is -2.58. The van der Waals surface area contributed by atoms with Gasteiger partial charge in [-0.25, -0.2) is 9.97 Å². The van der Waals surface area contributed by atoms with E-state index in [4.69, 9.17) is 19.4 Å². The van der Waals surface area contributed by atoms with Gasteiger partial charge in [-0.2, -0.15) is 4.98 Å². The summed E-state index contributed by atoms with van der Waals surface area (Å²) in [5, 5.41) is 3.34. The van der Waals surface area contributed by atoms with Crippen molar-refractivity contribution in [3.63, 3.8) is 0 Å². The van der Waals surface area contributed by atoms with E-state index in [1.165, 1.54) is 0 Å². The maximum Gasteiger partial charge on any atom is 0.252 e. The van der Waals surface area contributed by atoms with Crippen LogP contribution in [0, 0.1) is 6.92 Å². The van der Waals surface area contributed by atoms with E-state index >= 15 is 0 Å². The van der Waals surface area contributed by atoms with Gasteiger partial charge in [0.15, 0.2) is 5.82 Å². The summed E-state index contributed by atoms with van der Waals surface area (Å²) in [5.41, 5.74) is 3.49. The Morgan fingerprint density at radius 1 is 1.26 bits per heavy atom. The van der Waals surface area contributed by atoms with Crippen LogP contribution in [0.1, 0.15) is 31.7 Å². The number of hydrogen-bond acceptors (Lipinski definition) is 8. The van der Waals surface area contributed by atoms with Crippen molar-refractivity contribution in [3.8, 4) is 11.4 Å². The summed E-state index contributed by atoms with van der Waals surface area (Å²) in [4.78, 5) is 31.1. The molecule has 0 saturated carbocycles. The predicted molar refractivity (Wildman–Crippen MR) is 134 cm³/mol. The number of anilines is 4. The number of benzene rings is 1. The first-order chi connectivity index (χ1) is 16.8. The minimum atomic E-state index is -0.702. The fourth-order valence-electron chi connectivity index (χ4n) is 5.14. The molecule has 2 aliphatic heterocycles. The third-order valence-corrected chi connectivity index (χ3v) is 7.00. The summed E-state index contributed by atoms with van der Waals surface area (Å²) < 4.78 is 13.2. The topological polar surface area (TPSA) is 97.6 Å². The van der Waals surface area contributed by atoms with Crippen LogP contribution in [0.4, 0.5) is 23.1 Å². The van der Waals surface area contributed by atoms with E-state index in [2.05, 4.69) is 15.2 Å². The second-order valence-corrected chi connectivity index (χ2v) is 9.26. The van der Waals surface area contributed by atoms with Gasteiger partial charge in [-0.3, -0.25) is 4.79 Å². The molecule has 0 aliphatic carbocycles. The number of rotatable bonds is 6. The van der Waals surface area contributed by atoms with Crippen molar-refractivity contribution in [1.29, 1.82) is 0 Å². The maximum absolute atomic E-state index is 13.4. The highest BCUT2D eigenvalue weighted by molar-refractivity contribution is 6.08. The molecule has 2 aliphatic rings. The van der Waals surface area contributed by atoms with Crippen LogP contribution >= 0.6 is 0 Å². The Labute approximate surface area is 204 Å². The van der Waals surface area contributed by atoms with Gasteiger partial charge in [0.2, 0.25) is 5.95 Å². The van der Waals surface area contributed by atoms with Crippen molar-refractivity contribution in [2.45, 2.75) is 45.3 Å².